The van der Waals surface area contributed by atoms with Crippen molar-refractivity contribution in [2.24, 2.45) is 0 Å². The fraction of sp³-hybridized carbons (Fsp3) is 0.250. The van der Waals surface area contributed by atoms with Crippen molar-refractivity contribution in [3.63, 3.8) is 0 Å². The third-order valence-corrected chi connectivity index (χ3v) is 3.35. The van der Waals surface area contributed by atoms with Gasteiger partial charge in [-0.1, -0.05) is 11.8 Å². The lowest BCUT2D eigenvalue weighted by molar-refractivity contribution is 0.395. The molecular weight excluding hydrogens is 280 g/mol. The molecule has 0 fully saturated rings. The van der Waals surface area contributed by atoms with Crippen LogP contribution in [-0.2, 0) is 0 Å². The molecule has 2 aromatic rings. The summed E-state index contributed by atoms with van der Waals surface area (Å²) in [7, 11) is 3.05. The van der Waals surface area contributed by atoms with E-state index in [1.54, 1.807) is 31.6 Å². The van der Waals surface area contributed by atoms with Crippen LogP contribution >= 0.6 is 11.8 Å². The number of benzene rings is 1. The molecule has 0 bridgehead atoms. The lowest BCUT2D eigenvalue weighted by Crippen LogP contribution is -2.32. The van der Waals surface area contributed by atoms with Gasteiger partial charge < -0.3 is 15.3 Å². The Labute approximate surface area is 119 Å². The second-order valence-electron chi connectivity index (χ2n) is 3.78. The number of nitrogens with two attached hydrogens (primary N) is 1. The Kier molecular flexibility index (Phi) is 4.14. The lowest BCUT2D eigenvalue weighted by Gasteiger charge is -2.10. The number of thioether (sulfide) groups is 1. The Morgan fingerprint density at radius 2 is 2.00 bits per heavy atom. The number of nitrogen functional groups attached to an aromatic ring is 1. The molecule has 1 heterocycles. The van der Waals surface area contributed by atoms with Crippen molar-refractivity contribution in [3.8, 4) is 22.8 Å². The zero-order valence-electron chi connectivity index (χ0n) is 11.3. The van der Waals surface area contributed by atoms with Gasteiger partial charge in [0.25, 0.3) is 5.56 Å². The molecule has 1 aromatic heterocycles. The van der Waals surface area contributed by atoms with Gasteiger partial charge in [-0.3, -0.25) is 4.79 Å². The Bertz CT molecular complexity index is 687. The summed E-state index contributed by atoms with van der Waals surface area (Å²) < 4.78 is 11.3. The quantitative estimate of drug-likeness (QED) is 0.657. The van der Waals surface area contributed by atoms with Crippen molar-refractivity contribution in [2.45, 2.75) is 5.16 Å². The second kappa shape index (κ2) is 5.83. The van der Waals surface area contributed by atoms with Gasteiger partial charge in [0, 0.05) is 6.07 Å². The molecule has 0 saturated heterocycles. The Hall–Kier alpha value is -2.22. The van der Waals surface area contributed by atoms with Gasteiger partial charge in [-0.25, -0.2) is 0 Å². The number of hydrogen-bond donors (Lipinski definition) is 1. The van der Waals surface area contributed by atoms with E-state index >= 15 is 0 Å². The van der Waals surface area contributed by atoms with Gasteiger partial charge in [0.2, 0.25) is 5.16 Å². The molecule has 0 aliphatic carbocycles. The molecule has 0 amide bonds. The van der Waals surface area contributed by atoms with Gasteiger partial charge in [-0.05, 0) is 18.4 Å². The predicted molar refractivity (Wildman–Crippen MR) is 76.8 cm³/mol. The minimum atomic E-state index is -0.437. The Morgan fingerprint density at radius 3 is 2.60 bits per heavy atom. The molecule has 2 rings (SSSR count). The number of methoxy groups -OCH3 is 2. The summed E-state index contributed by atoms with van der Waals surface area (Å²) in [6.07, 6.45) is 1.76. The van der Waals surface area contributed by atoms with Gasteiger partial charge >= 0.3 is 0 Å². The van der Waals surface area contributed by atoms with Crippen LogP contribution in [0, 0.1) is 0 Å². The van der Waals surface area contributed by atoms with Crippen LogP contribution in [0.3, 0.4) is 0 Å². The van der Waals surface area contributed by atoms with Gasteiger partial charge in [-0.15, -0.1) is 10.2 Å². The van der Waals surface area contributed by atoms with Crippen molar-refractivity contribution < 1.29 is 9.47 Å². The number of hydrogen-bond acceptors (Lipinski definition) is 7. The topological polar surface area (TPSA) is 92.3 Å². The number of nitrogens with zero attached hydrogens (tertiary/aromatic N) is 3. The first kappa shape index (κ1) is 14.2. The third kappa shape index (κ3) is 2.42. The first-order chi connectivity index (χ1) is 9.62. The zero-order chi connectivity index (χ0) is 14.7. The summed E-state index contributed by atoms with van der Waals surface area (Å²) in [6, 6.07) is 5.06. The molecule has 0 aliphatic heterocycles. The highest BCUT2D eigenvalue weighted by atomic mass is 32.2. The highest BCUT2D eigenvalue weighted by Crippen LogP contribution is 2.30. The van der Waals surface area contributed by atoms with Crippen LogP contribution in [0.5, 0.6) is 11.5 Å². The number of ether oxygens (including phenoxy) is 2. The minimum Gasteiger partial charge on any atom is -0.497 e. The second-order valence-corrected chi connectivity index (χ2v) is 4.55. The van der Waals surface area contributed by atoms with Crippen LogP contribution in [0.1, 0.15) is 0 Å². The molecule has 7 nitrogen and oxygen atoms in total. The van der Waals surface area contributed by atoms with E-state index in [1.165, 1.54) is 18.9 Å². The molecule has 0 radical (unpaired) electrons. The maximum absolute atomic E-state index is 12.2. The standard InChI is InChI=1S/C12H14N4O3S/c1-18-7-4-5-8(9(6-7)19-2)10-11(17)16(13)12(20-3)15-14-10/h4-6H,13H2,1-3H3. The average molecular weight is 294 g/mol. The normalized spacial score (nSPS) is 10.3. The monoisotopic (exact) mass is 294 g/mol. The van der Waals surface area contributed by atoms with Crippen LogP contribution in [0.25, 0.3) is 11.3 Å². The maximum Gasteiger partial charge on any atom is 0.299 e. The van der Waals surface area contributed by atoms with Crippen LogP contribution in [0.15, 0.2) is 28.2 Å². The third-order valence-electron chi connectivity index (χ3n) is 2.71. The Morgan fingerprint density at radius 1 is 1.25 bits per heavy atom. The molecule has 0 unspecified atom stereocenters. The predicted octanol–water partition coefficient (Wildman–Crippen LogP) is 0.758. The Balaban J connectivity index is 2.63. The summed E-state index contributed by atoms with van der Waals surface area (Å²) in [4.78, 5) is 12.2. The summed E-state index contributed by atoms with van der Waals surface area (Å²) in [6.45, 7) is 0. The smallest absolute Gasteiger partial charge is 0.299 e. The maximum atomic E-state index is 12.2. The van der Waals surface area contributed by atoms with E-state index in [2.05, 4.69) is 10.2 Å². The molecule has 0 saturated carbocycles. The van der Waals surface area contributed by atoms with Crippen LogP contribution < -0.4 is 20.9 Å². The first-order valence-corrected chi connectivity index (χ1v) is 6.86. The van der Waals surface area contributed by atoms with Crippen molar-refractivity contribution >= 4 is 11.8 Å². The molecular formula is C12H14N4O3S. The van der Waals surface area contributed by atoms with E-state index in [0.29, 0.717) is 22.2 Å². The molecule has 0 spiro atoms. The molecule has 0 aliphatic rings. The summed E-state index contributed by atoms with van der Waals surface area (Å²) in [5.41, 5.74) is 0.204. The zero-order valence-corrected chi connectivity index (χ0v) is 12.1. The summed E-state index contributed by atoms with van der Waals surface area (Å²) >= 11 is 1.24. The van der Waals surface area contributed by atoms with Crippen molar-refractivity contribution in [1.29, 1.82) is 0 Å². The number of aromatic nitrogens is 3. The average Bonchev–Trinajstić information content (AvgIpc) is 2.49. The largest absolute Gasteiger partial charge is 0.497 e. The molecule has 0 atom stereocenters. The van der Waals surface area contributed by atoms with Crippen LogP contribution in [0.2, 0.25) is 0 Å². The summed E-state index contributed by atoms with van der Waals surface area (Å²) in [5, 5.41) is 8.19. The van der Waals surface area contributed by atoms with E-state index < -0.39 is 5.56 Å². The van der Waals surface area contributed by atoms with Crippen molar-refractivity contribution in [2.75, 3.05) is 26.3 Å². The van der Waals surface area contributed by atoms with E-state index in [9.17, 15) is 4.79 Å². The van der Waals surface area contributed by atoms with Gasteiger partial charge in [0.05, 0.1) is 19.8 Å². The highest BCUT2D eigenvalue weighted by molar-refractivity contribution is 7.98. The summed E-state index contributed by atoms with van der Waals surface area (Å²) in [5.74, 6) is 6.78. The fourth-order valence-electron chi connectivity index (χ4n) is 1.69. The molecule has 8 heteroatoms. The van der Waals surface area contributed by atoms with Gasteiger partial charge in [0.1, 0.15) is 11.5 Å². The lowest BCUT2D eigenvalue weighted by atomic mass is 10.1. The molecule has 1 aromatic carbocycles. The van der Waals surface area contributed by atoms with Gasteiger partial charge in [-0.2, -0.15) is 4.68 Å². The first-order valence-electron chi connectivity index (χ1n) is 5.63. The van der Waals surface area contributed by atoms with E-state index in [1.807, 2.05) is 0 Å². The molecule has 2 N–H and O–H groups in total. The van der Waals surface area contributed by atoms with Gasteiger partial charge in [0.15, 0.2) is 5.69 Å². The molecule has 20 heavy (non-hydrogen) atoms. The fourth-order valence-corrected chi connectivity index (χ4v) is 2.09. The van der Waals surface area contributed by atoms with E-state index in [-0.39, 0.29) is 5.69 Å². The van der Waals surface area contributed by atoms with Crippen molar-refractivity contribution in [1.82, 2.24) is 14.9 Å². The minimum absolute atomic E-state index is 0.129. The SMILES string of the molecule is COc1ccc(-c2nnc(SC)n(N)c2=O)c(OC)c1. The van der Waals surface area contributed by atoms with Crippen molar-refractivity contribution in [3.05, 3.63) is 28.6 Å². The number of rotatable bonds is 4. The highest BCUT2D eigenvalue weighted by Gasteiger charge is 2.16. The molecule has 106 valence electrons. The van der Waals surface area contributed by atoms with E-state index in [4.69, 9.17) is 15.3 Å². The van der Waals surface area contributed by atoms with E-state index in [0.717, 1.165) is 4.68 Å². The van der Waals surface area contributed by atoms with Crippen LogP contribution in [0.4, 0.5) is 0 Å². The van der Waals surface area contributed by atoms with Crippen LogP contribution in [-0.4, -0.2) is 35.3 Å².